The number of hydrogen-bond donors (Lipinski definition) is 1. The topological polar surface area (TPSA) is 82.2 Å². The number of hydroxylamine groups is 1. The molecule has 1 saturated heterocycles. The minimum absolute atomic E-state index is 0.0591. The van der Waals surface area contributed by atoms with Gasteiger partial charge in [0.2, 0.25) is 0 Å². The fraction of sp³-hybridized carbons (Fsp3) is 0.381. The SMILES string of the molecule is CON(C)S(=O)(=O)c1ccc(C(=O)NCc2ccccc2N2CCN(C)CC2)cc1. The average Bonchev–Trinajstić information content (AvgIpc) is 2.77. The van der Waals surface area contributed by atoms with Crippen molar-refractivity contribution in [3.05, 3.63) is 59.7 Å². The van der Waals surface area contributed by atoms with Gasteiger partial charge in [0.05, 0.1) is 12.0 Å². The van der Waals surface area contributed by atoms with Crippen molar-refractivity contribution in [3.8, 4) is 0 Å². The molecule has 1 amide bonds. The van der Waals surface area contributed by atoms with E-state index >= 15 is 0 Å². The molecule has 8 nitrogen and oxygen atoms in total. The lowest BCUT2D eigenvalue weighted by molar-refractivity contribution is -0.0258. The minimum Gasteiger partial charge on any atom is -0.369 e. The largest absolute Gasteiger partial charge is 0.369 e. The van der Waals surface area contributed by atoms with Crippen LogP contribution in [0, 0.1) is 0 Å². The quantitative estimate of drug-likeness (QED) is 0.669. The summed E-state index contributed by atoms with van der Waals surface area (Å²) in [6.07, 6.45) is 0. The highest BCUT2D eigenvalue weighted by molar-refractivity contribution is 7.89. The molecular formula is C21H28N4O4S. The first-order chi connectivity index (χ1) is 14.3. The third kappa shape index (κ3) is 4.99. The zero-order valence-corrected chi connectivity index (χ0v) is 18.4. The molecule has 1 N–H and O–H groups in total. The van der Waals surface area contributed by atoms with Gasteiger partial charge in [-0.2, -0.15) is 0 Å². The van der Waals surface area contributed by atoms with E-state index in [-0.39, 0.29) is 10.8 Å². The summed E-state index contributed by atoms with van der Waals surface area (Å²) in [5, 5.41) is 2.94. The third-order valence-corrected chi connectivity index (χ3v) is 6.98. The Morgan fingerprint density at radius 3 is 2.33 bits per heavy atom. The number of nitrogens with zero attached hydrogens (tertiary/aromatic N) is 3. The summed E-state index contributed by atoms with van der Waals surface area (Å²) in [7, 11) is 0.970. The van der Waals surface area contributed by atoms with Crippen LogP contribution in [0.2, 0.25) is 0 Å². The number of benzene rings is 2. The van der Waals surface area contributed by atoms with Gasteiger partial charge < -0.3 is 15.1 Å². The zero-order valence-electron chi connectivity index (χ0n) is 17.5. The molecule has 0 bridgehead atoms. The average molecular weight is 433 g/mol. The highest BCUT2D eigenvalue weighted by Gasteiger charge is 2.21. The van der Waals surface area contributed by atoms with E-state index in [2.05, 4.69) is 28.2 Å². The number of carbonyl (C=O) groups is 1. The van der Waals surface area contributed by atoms with Crippen LogP contribution in [0.15, 0.2) is 53.4 Å². The minimum atomic E-state index is -3.74. The van der Waals surface area contributed by atoms with Crippen LogP contribution in [0.3, 0.4) is 0 Å². The number of piperazine rings is 1. The van der Waals surface area contributed by atoms with Crippen LogP contribution in [-0.2, 0) is 21.4 Å². The Hall–Kier alpha value is -2.46. The van der Waals surface area contributed by atoms with Gasteiger partial charge in [-0.1, -0.05) is 22.7 Å². The van der Waals surface area contributed by atoms with Crippen LogP contribution in [0.1, 0.15) is 15.9 Å². The lowest BCUT2D eigenvalue weighted by Gasteiger charge is -2.35. The molecule has 162 valence electrons. The van der Waals surface area contributed by atoms with Gasteiger partial charge in [0, 0.05) is 51.0 Å². The first kappa shape index (κ1) is 22.2. The smallest absolute Gasteiger partial charge is 0.264 e. The fourth-order valence-electron chi connectivity index (χ4n) is 3.32. The van der Waals surface area contributed by atoms with Crippen molar-refractivity contribution in [2.24, 2.45) is 0 Å². The molecule has 2 aromatic carbocycles. The number of anilines is 1. The van der Waals surface area contributed by atoms with Gasteiger partial charge in [-0.15, -0.1) is 0 Å². The standard InChI is InChI=1S/C21H28N4O4S/c1-23-12-14-25(15-13-23)20-7-5-4-6-18(20)16-22-21(26)17-8-10-19(11-9-17)30(27,28)24(2)29-3/h4-11H,12-16H2,1-3H3,(H,22,26). The number of amides is 1. The maximum absolute atomic E-state index is 12.6. The van der Waals surface area contributed by atoms with Crippen molar-refractivity contribution in [3.63, 3.8) is 0 Å². The Morgan fingerprint density at radius 1 is 1.07 bits per heavy atom. The number of carbonyl (C=O) groups excluding carboxylic acids is 1. The molecule has 3 rings (SSSR count). The molecule has 9 heteroatoms. The molecule has 0 spiro atoms. The van der Waals surface area contributed by atoms with Crippen LogP contribution in [-0.4, -0.2) is 71.1 Å². The van der Waals surface area contributed by atoms with Gasteiger partial charge in [-0.05, 0) is 42.9 Å². The molecular weight excluding hydrogens is 404 g/mol. The van der Waals surface area contributed by atoms with Crippen LogP contribution >= 0.6 is 0 Å². The Bertz CT molecular complexity index is 971. The normalized spacial score (nSPS) is 15.4. The van der Waals surface area contributed by atoms with Gasteiger partial charge in [0.1, 0.15) is 0 Å². The molecule has 30 heavy (non-hydrogen) atoms. The second-order valence-corrected chi connectivity index (χ2v) is 9.16. The molecule has 0 saturated carbocycles. The molecule has 0 aliphatic carbocycles. The molecule has 0 aromatic heterocycles. The predicted molar refractivity (Wildman–Crippen MR) is 116 cm³/mol. The number of para-hydroxylation sites is 1. The molecule has 0 radical (unpaired) electrons. The summed E-state index contributed by atoms with van der Waals surface area (Å²) in [5.41, 5.74) is 2.58. The van der Waals surface area contributed by atoms with E-state index in [1.54, 1.807) is 0 Å². The van der Waals surface area contributed by atoms with Crippen molar-refractivity contribution in [2.75, 3.05) is 52.3 Å². The van der Waals surface area contributed by atoms with E-state index in [0.29, 0.717) is 12.1 Å². The number of rotatable bonds is 7. The maximum atomic E-state index is 12.6. The highest BCUT2D eigenvalue weighted by Crippen LogP contribution is 2.22. The fourth-order valence-corrected chi connectivity index (χ4v) is 4.29. The lowest BCUT2D eigenvalue weighted by Crippen LogP contribution is -2.45. The number of sulfonamides is 1. The predicted octanol–water partition coefficient (Wildman–Crippen LogP) is 1.55. The second kappa shape index (κ2) is 9.57. The highest BCUT2D eigenvalue weighted by atomic mass is 32.2. The first-order valence-electron chi connectivity index (χ1n) is 9.75. The zero-order chi connectivity index (χ0) is 21.7. The Balaban J connectivity index is 1.67. The molecule has 0 unspecified atom stereocenters. The second-order valence-electron chi connectivity index (χ2n) is 7.22. The van der Waals surface area contributed by atoms with Crippen LogP contribution in [0.25, 0.3) is 0 Å². The van der Waals surface area contributed by atoms with Crippen molar-refractivity contribution >= 4 is 21.6 Å². The van der Waals surface area contributed by atoms with Gasteiger partial charge in [-0.25, -0.2) is 8.42 Å². The van der Waals surface area contributed by atoms with Crippen LogP contribution in [0.4, 0.5) is 5.69 Å². The monoisotopic (exact) mass is 432 g/mol. The summed E-state index contributed by atoms with van der Waals surface area (Å²) >= 11 is 0. The molecule has 2 aromatic rings. The van der Waals surface area contributed by atoms with Gasteiger partial charge in [0.15, 0.2) is 0 Å². The van der Waals surface area contributed by atoms with Crippen molar-refractivity contribution < 1.29 is 18.0 Å². The molecule has 1 aliphatic heterocycles. The number of hydrogen-bond acceptors (Lipinski definition) is 6. The molecule has 0 atom stereocenters. The van der Waals surface area contributed by atoms with E-state index < -0.39 is 10.0 Å². The van der Waals surface area contributed by atoms with E-state index in [1.165, 1.54) is 38.4 Å². The lowest BCUT2D eigenvalue weighted by atomic mass is 10.1. The summed E-state index contributed by atoms with van der Waals surface area (Å²) in [4.78, 5) is 22.0. The van der Waals surface area contributed by atoms with Crippen LogP contribution in [0.5, 0.6) is 0 Å². The van der Waals surface area contributed by atoms with Gasteiger partial charge in [0.25, 0.3) is 15.9 Å². The van der Waals surface area contributed by atoms with E-state index in [1.807, 2.05) is 18.2 Å². The maximum Gasteiger partial charge on any atom is 0.264 e. The van der Waals surface area contributed by atoms with E-state index in [9.17, 15) is 13.2 Å². The summed E-state index contributed by atoms with van der Waals surface area (Å²) in [6.45, 7) is 4.32. The Labute approximate surface area is 178 Å². The molecule has 1 heterocycles. The third-order valence-electron chi connectivity index (χ3n) is 5.28. The summed E-state index contributed by atoms with van der Waals surface area (Å²) < 4.78 is 25.3. The Morgan fingerprint density at radius 2 is 1.70 bits per heavy atom. The van der Waals surface area contributed by atoms with E-state index in [4.69, 9.17) is 4.84 Å². The Kier molecular flexibility index (Phi) is 7.09. The first-order valence-corrected chi connectivity index (χ1v) is 11.2. The molecule has 1 aliphatic rings. The number of likely N-dealkylation sites (N-methyl/N-ethyl adjacent to an activating group) is 1. The van der Waals surface area contributed by atoms with Gasteiger partial charge in [-0.3, -0.25) is 9.63 Å². The van der Waals surface area contributed by atoms with Crippen LogP contribution < -0.4 is 10.2 Å². The summed E-state index contributed by atoms with van der Waals surface area (Å²) in [6, 6.07) is 13.9. The van der Waals surface area contributed by atoms with E-state index in [0.717, 1.165) is 41.9 Å². The van der Waals surface area contributed by atoms with Crippen molar-refractivity contribution in [1.82, 2.24) is 14.7 Å². The molecule has 1 fully saturated rings. The summed E-state index contributed by atoms with van der Waals surface area (Å²) in [5.74, 6) is -0.257. The van der Waals surface area contributed by atoms with Gasteiger partial charge >= 0.3 is 0 Å². The van der Waals surface area contributed by atoms with Crippen molar-refractivity contribution in [2.45, 2.75) is 11.4 Å². The number of nitrogens with one attached hydrogen (secondary N) is 1. The van der Waals surface area contributed by atoms with Crippen molar-refractivity contribution in [1.29, 1.82) is 0 Å².